The number of amides is 1. The molecule has 2 aromatic carbocycles. The molecule has 1 saturated heterocycles. The number of benzene rings is 2. The maximum atomic E-state index is 13.3. The van der Waals surface area contributed by atoms with Gasteiger partial charge in [0.1, 0.15) is 18.1 Å². The second-order valence-corrected chi connectivity index (χ2v) is 6.66. The topological polar surface area (TPSA) is 50.8 Å². The van der Waals surface area contributed by atoms with Crippen LogP contribution in [0.25, 0.3) is 6.08 Å². The third-order valence-corrected chi connectivity index (χ3v) is 4.51. The van der Waals surface area contributed by atoms with E-state index in [2.05, 4.69) is 5.32 Å². The third kappa shape index (κ3) is 4.48. The first-order valence-corrected chi connectivity index (χ1v) is 9.32. The van der Waals surface area contributed by atoms with E-state index in [0.29, 0.717) is 28.9 Å². The number of methoxy groups -OCH3 is 1. The molecule has 0 radical (unpaired) electrons. The van der Waals surface area contributed by atoms with E-state index in [4.69, 9.17) is 21.7 Å². The molecule has 1 heterocycles. The Balaban J connectivity index is 1.76. The summed E-state index contributed by atoms with van der Waals surface area (Å²) in [5.74, 6) is 0.600. The van der Waals surface area contributed by atoms with E-state index in [0.717, 1.165) is 17.5 Å². The molecule has 1 aliphatic heterocycles. The van der Waals surface area contributed by atoms with Gasteiger partial charge in [-0.3, -0.25) is 9.69 Å². The summed E-state index contributed by atoms with van der Waals surface area (Å²) in [5.41, 5.74) is 1.92. The Morgan fingerprint density at radius 1 is 1.21 bits per heavy atom. The monoisotopic (exact) mass is 400 g/mol. The molecule has 0 aliphatic carbocycles. The molecule has 0 spiro atoms. The maximum absolute atomic E-state index is 13.3. The standard InChI is InChI=1S/C21H21FN2O3S/c1-3-9-24-20(25)17(23-21(24)28)11-14-7-8-18(19(12-14)26-2)27-13-15-5-4-6-16(22)10-15/h4-8,10-12H,3,9,13H2,1-2H3,(H,23,28)/b17-11-. The molecule has 1 aliphatic rings. The highest BCUT2D eigenvalue weighted by Crippen LogP contribution is 2.30. The SMILES string of the molecule is CCCN1C(=O)/C(=C/c2ccc(OCc3cccc(F)c3)c(OC)c2)NC1=S. The molecule has 1 amide bonds. The van der Waals surface area contributed by atoms with Crippen molar-refractivity contribution in [3.63, 3.8) is 0 Å². The van der Waals surface area contributed by atoms with Crippen LogP contribution in [-0.4, -0.2) is 29.6 Å². The molecule has 3 rings (SSSR count). The van der Waals surface area contributed by atoms with Crippen molar-refractivity contribution in [1.29, 1.82) is 0 Å². The first-order valence-electron chi connectivity index (χ1n) is 8.91. The number of hydrogen-bond donors (Lipinski definition) is 1. The number of rotatable bonds is 7. The average Bonchev–Trinajstić information content (AvgIpc) is 2.94. The van der Waals surface area contributed by atoms with Crippen molar-refractivity contribution in [1.82, 2.24) is 10.2 Å². The van der Waals surface area contributed by atoms with E-state index in [1.54, 1.807) is 42.4 Å². The molecular weight excluding hydrogens is 379 g/mol. The fourth-order valence-corrected chi connectivity index (χ4v) is 3.13. The van der Waals surface area contributed by atoms with Gasteiger partial charge in [-0.05, 0) is 60.1 Å². The predicted octanol–water partition coefficient (Wildman–Crippen LogP) is 3.88. The lowest BCUT2D eigenvalue weighted by Crippen LogP contribution is -2.31. The first kappa shape index (κ1) is 19.8. The van der Waals surface area contributed by atoms with Crippen molar-refractivity contribution in [3.05, 3.63) is 65.1 Å². The van der Waals surface area contributed by atoms with Crippen LogP contribution >= 0.6 is 12.2 Å². The van der Waals surface area contributed by atoms with Crippen LogP contribution in [0, 0.1) is 5.82 Å². The van der Waals surface area contributed by atoms with E-state index in [1.165, 1.54) is 12.1 Å². The Hall–Kier alpha value is -2.93. The second-order valence-electron chi connectivity index (χ2n) is 6.27. The highest BCUT2D eigenvalue weighted by atomic mass is 32.1. The number of carbonyl (C=O) groups excluding carboxylic acids is 1. The highest BCUT2D eigenvalue weighted by molar-refractivity contribution is 7.80. The maximum Gasteiger partial charge on any atom is 0.276 e. The molecule has 7 heteroatoms. The summed E-state index contributed by atoms with van der Waals surface area (Å²) in [4.78, 5) is 14.0. The molecule has 1 fully saturated rings. The minimum absolute atomic E-state index is 0.141. The van der Waals surface area contributed by atoms with Crippen molar-refractivity contribution >= 4 is 29.3 Å². The fourth-order valence-electron chi connectivity index (χ4n) is 2.85. The zero-order valence-electron chi connectivity index (χ0n) is 15.7. The van der Waals surface area contributed by atoms with Crippen molar-refractivity contribution in [2.75, 3.05) is 13.7 Å². The second kappa shape index (κ2) is 8.84. The molecule has 0 saturated carbocycles. The van der Waals surface area contributed by atoms with E-state index in [9.17, 15) is 9.18 Å². The Labute approximate surface area is 168 Å². The van der Waals surface area contributed by atoms with Crippen molar-refractivity contribution in [3.8, 4) is 11.5 Å². The van der Waals surface area contributed by atoms with Gasteiger partial charge in [-0.15, -0.1) is 0 Å². The number of hydrogen-bond acceptors (Lipinski definition) is 4. The Morgan fingerprint density at radius 3 is 2.75 bits per heavy atom. The summed E-state index contributed by atoms with van der Waals surface area (Å²) in [6, 6.07) is 11.6. The summed E-state index contributed by atoms with van der Waals surface area (Å²) >= 11 is 5.22. The van der Waals surface area contributed by atoms with Crippen molar-refractivity contribution in [2.45, 2.75) is 20.0 Å². The lowest BCUT2D eigenvalue weighted by Gasteiger charge is -2.12. The average molecular weight is 400 g/mol. The Kier molecular flexibility index (Phi) is 6.26. The van der Waals surface area contributed by atoms with Gasteiger partial charge in [-0.1, -0.05) is 25.1 Å². The quantitative estimate of drug-likeness (QED) is 0.565. The van der Waals surface area contributed by atoms with Crippen molar-refractivity contribution in [2.24, 2.45) is 0 Å². The molecule has 0 unspecified atom stereocenters. The van der Waals surface area contributed by atoms with Crippen LogP contribution in [0.5, 0.6) is 11.5 Å². The van der Waals surface area contributed by atoms with Crippen LogP contribution in [0.1, 0.15) is 24.5 Å². The number of thiocarbonyl (C=S) groups is 1. The molecule has 0 atom stereocenters. The number of carbonyl (C=O) groups is 1. The van der Waals surface area contributed by atoms with Gasteiger partial charge in [-0.2, -0.15) is 0 Å². The predicted molar refractivity (Wildman–Crippen MR) is 109 cm³/mol. The molecule has 1 N–H and O–H groups in total. The zero-order valence-corrected chi connectivity index (χ0v) is 16.5. The fraction of sp³-hybridized carbons (Fsp3) is 0.238. The van der Waals surface area contributed by atoms with Crippen LogP contribution < -0.4 is 14.8 Å². The van der Waals surface area contributed by atoms with E-state index in [1.807, 2.05) is 13.0 Å². The minimum atomic E-state index is -0.307. The molecule has 2 aromatic rings. The Morgan fingerprint density at radius 2 is 2.04 bits per heavy atom. The lowest BCUT2D eigenvalue weighted by molar-refractivity contribution is -0.122. The normalized spacial score (nSPS) is 15.1. The summed E-state index contributed by atoms with van der Waals surface area (Å²) < 4.78 is 24.4. The van der Waals surface area contributed by atoms with Gasteiger partial charge in [0.05, 0.1) is 7.11 Å². The minimum Gasteiger partial charge on any atom is -0.493 e. The summed E-state index contributed by atoms with van der Waals surface area (Å²) in [5, 5.41) is 3.37. The molecule has 5 nitrogen and oxygen atoms in total. The molecule has 146 valence electrons. The largest absolute Gasteiger partial charge is 0.493 e. The summed E-state index contributed by atoms with van der Waals surface area (Å²) in [6.07, 6.45) is 2.55. The molecule has 28 heavy (non-hydrogen) atoms. The van der Waals surface area contributed by atoms with E-state index < -0.39 is 0 Å². The summed E-state index contributed by atoms with van der Waals surface area (Å²) in [6.45, 7) is 2.79. The van der Waals surface area contributed by atoms with Gasteiger partial charge in [0.15, 0.2) is 16.6 Å². The molecule has 0 aromatic heterocycles. The van der Waals surface area contributed by atoms with Gasteiger partial charge >= 0.3 is 0 Å². The number of halogens is 1. The van der Waals surface area contributed by atoms with Gasteiger partial charge < -0.3 is 14.8 Å². The van der Waals surface area contributed by atoms with Crippen LogP contribution in [0.2, 0.25) is 0 Å². The highest BCUT2D eigenvalue weighted by Gasteiger charge is 2.29. The van der Waals surface area contributed by atoms with Crippen LogP contribution in [-0.2, 0) is 11.4 Å². The smallest absolute Gasteiger partial charge is 0.276 e. The number of ether oxygens (including phenoxy) is 2. The van der Waals surface area contributed by atoms with Crippen molar-refractivity contribution < 1.29 is 18.7 Å². The van der Waals surface area contributed by atoms with Gasteiger partial charge in [0, 0.05) is 6.54 Å². The van der Waals surface area contributed by atoms with Crippen LogP contribution in [0.3, 0.4) is 0 Å². The van der Waals surface area contributed by atoms with Gasteiger partial charge in [0.25, 0.3) is 5.91 Å². The number of nitrogens with one attached hydrogen (secondary N) is 1. The Bertz CT molecular complexity index is 930. The molecular formula is C21H21FN2O3S. The third-order valence-electron chi connectivity index (χ3n) is 4.19. The first-order chi connectivity index (χ1) is 13.5. The number of nitrogens with zero attached hydrogens (tertiary/aromatic N) is 1. The van der Waals surface area contributed by atoms with Gasteiger partial charge in [-0.25, -0.2) is 4.39 Å². The van der Waals surface area contributed by atoms with Crippen LogP contribution in [0.4, 0.5) is 4.39 Å². The molecule has 0 bridgehead atoms. The van der Waals surface area contributed by atoms with E-state index in [-0.39, 0.29) is 18.3 Å². The van der Waals surface area contributed by atoms with Crippen LogP contribution in [0.15, 0.2) is 48.2 Å². The van der Waals surface area contributed by atoms with Gasteiger partial charge in [0.2, 0.25) is 0 Å². The van der Waals surface area contributed by atoms with E-state index >= 15 is 0 Å². The zero-order chi connectivity index (χ0) is 20.1. The lowest BCUT2D eigenvalue weighted by atomic mass is 10.1. The summed E-state index contributed by atoms with van der Waals surface area (Å²) in [7, 11) is 1.54.